The molecule has 0 bridgehead atoms. The summed E-state index contributed by atoms with van der Waals surface area (Å²) in [4.78, 5) is 25.6. The van der Waals surface area contributed by atoms with Gasteiger partial charge in [0.1, 0.15) is 6.04 Å². The fraction of sp³-hybridized carbons (Fsp3) is 0.290. The highest BCUT2D eigenvalue weighted by Crippen LogP contribution is 2.24. The number of hydrogen-bond acceptors (Lipinski definition) is 4. The molecule has 0 spiro atoms. The molecule has 37 heavy (non-hydrogen) atoms. The van der Waals surface area contributed by atoms with Crippen LogP contribution in [0.25, 0.3) is 6.08 Å². The molecule has 0 aromatic heterocycles. The van der Waals surface area contributed by atoms with Gasteiger partial charge in [0.15, 0.2) is 0 Å². The van der Waals surface area contributed by atoms with Crippen LogP contribution in [-0.2, 0) is 16.1 Å². The molecule has 5 N–H and O–H groups in total. The van der Waals surface area contributed by atoms with E-state index in [-0.39, 0.29) is 11.8 Å². The van der Waals surface area contributed by atoms with Gasteiger partial charge in [0.2, 0.25) is 11.8 Å². The lowest BCUT2D eigenvalue weighted by molar-refractivity contribution is -0.123. The fourth-order valence-electron chi connectivity index (χ4n) is 4.68. The van der Waals surface area contributed by atoms with Crippen molar-refractivity contribution in [3.63, 3.8) is 0 Å². The molecular formula is C31H36N4O2. The summed E-state index contributed by atoms with van der Waals surface area (Å²) in [7, 11) is 0. The summed E-state index contributed by atoms with van der Waals surface area (Å²) < 4.78 is 0. The lowest BCUT2D eigenvalue weighted by Gasteiger charge is -2.25. The van der Waals surface area contributed by atoms with E-state index >= 15 is 0 Å². The third-order valence-corrected chi connectivity index (χ3v) is 6.82. The van der Waals surface area contributed by atoms with E-state index in [1.807, 2.05) is 66.7 Å². The molecule has 4 rings (SSSR count). The molecular weight excluding hydrogens is 460 g/mol. The molecule has 192 valence electrons. The van der Waals surface area contributed by atoms with E-state index in [2.05, 4.69) is 16.0 Å². The number of nitrogens with two attached hydrogens (primary N) is 1. The molecule has 3 aromatic rings. The molecule has 0 heterocycles. The normalized spacial score (nSPS) is 14.8. The van der Waals surface area contributed by atoms with Crippen molar-refractivity contribution < 1.29 is 9.59 Å². The summed E-state index contributed by atoms with van der Waals surface area (Å²) in [5.74, 6) is 0.314. The van der Waals surface area contributed by atoms with Gasteiger partial charge in [-0.2, -0.15) is 0 Å². The first-order valence-corrected chi connectivity index (χ1v) is 13.1. The van der Waals surface area contributed by atoms with Gasteiger partial charge in [-0.15, -0.1) is 0 Å². The first-order chi connectivity index (χ1) is 18.1. The monoisotopic (exact) mass is 496 g/mol. The zero-order chi connectivity index (χ0) is 25.9. The number of benzene rings is 3. The van der Waals surface area contributed by atoms with Gasteiger partial charge in [0.05, 0.1) is 11.4 Å². The van der Waals surface area contributed by atoms with Crippen LogP contribution in [-0.4, -0.2) is 18.4 Å². The van der Waals surface area contributed by atoms with Gasteiger partial charge >= 0.3 is 0 Å². The van der Waals surface area contributed by atoms with E-state index in [0.717, 1.165) is 23.2 Å². The zero-order valence-electron chi connectivity index (χ0n) is 21.2. The van der Waals surface area contributed by atoms with E-state index in [4.69, 9.17) is 5.73 Å². The summed E-state index contributed by atoms with van der Waals surface area (Å²) in [5.41, 5.74) is 9.84. The minimum Gasteiger partial charge on any atom is -0.397 e. The predicted octanol–water partition coefficient (Wildman–Crippen LogP) is 5.45. The van der Waals surface area contributed by atoms with Crippen molar-refractivity contribution >= 4 is 29.3 Å². The summed E-state index contributed by atoms with van der Waals surface area (Å²) in [6, 6.07) is 24.4. The minimum atomic E-state index is -0.437. The molecule has 1 unspecified atom stereocenters. The van der Waals surface area contributed by atoms with Gasteiger partial charge in [-0.3, -0.25) is 9.59 Å². The number of carbonyl (C=O) groups excluding carboxylic acids is 2. The Kier molecular flexibility index (Phi) is 9.49. The number of anilines is 2. The second kappa shape index (κ2) is 13.4. The van der Waals surface area contributed by atoms with Crippen LogP contribution < -0.4 is 21.7 Å². The highest BCUT2D eigenvalue weighted by atomic mass is 16.2. The van der Waals surface area contributed by atoms with Crippen molar-refractivity contribution in [2.75, 3.05) is 17.6 Å². The number of rotatable bonds is 10. The standard InChI is InChI=1S/C31H36N4O2/c32-27-13-7-8-14-28(27)35-29(36)20-17-23-15-18-26(19-16-23)30(33-21-24-9-3-1-4-10-24)31(37)34-22-25-11-5-2-6-12-25/h2,5-8,11-20,24,30,33H,1,3-4,9-10,21-22,32H2,(H,34,37)(H,35,36). The van der Waals surface area contributed by atoms with Crippen LogP contribution >= 0.6 is 0 Å². The van der Waals surface area contributed by atoms with Crippen molar-refractivity contribution in [1.82, 2.24) is 10.6 Å². The Morgan fingerprint density at radius 1 is 0.892 bits per heavy atom. The van der Waals surface area contributed by atoms with Gasteiger partial charge in [-0.05, 0) is 60.2 Å². The van der Waals surface area contributed by atoms with Crippen molar-refractivity contribution in [2.45, 2.75) is 44.7 Å². The maximum Gasteiger partial charge on any atom is 0.248 e. The molecule has 3 aromatic carbocycles. The number of hydrogen-bond donors (Lipinski definition) is 4. The van der Waals surface area contributed by atoms with Gasteiger partial charge in [0, 0.05) is 12.6 Å². The molecule has 6 heteroatoms. The molecule has 6 nitrogen and oxygen atoms in total. The summed E-state index contributed by atoms with van der Waals surface area (Å²) in [6.07, 6.45) is 9.50. The Bertz CT molecular complexity index is 1190. The lowest BCUT2D eigenvalue weighted by atomic mass is 9.89. The average molecular weight is 497 g/mol. The summed E-state index contributed by atoms with van der Waals surface area (Å²) >= 11 is 0. The highest BCUT2D eigenvalue weighted by molar-refractivity contribution is 6.03. The number of para-hydroxylation sites is 2. The van der Waals surface area contributed by atoms with Crippen molar-refractivity contribution in [2.24, 2.45) is 5.92 Å². The summed E-state index contributed by atoms with van der Waals surface area (Å²) in [6.45, 7) is 1.32. The summed E-state index contributed by atoms with van der Waals surface area (Å²) in [5, 5.41) is 9.41. The molecule has 1 aliphatic rings. The zero-order valence-corrected chi connectivity index (χ0v) is 21.2. The fourth-order valence-corrected chi connectivity index (χ4v) is 4.68. The second-order valence-corrected chi connectivity index (χ2v) is 9.63. The molecule has 1 saturated carbocycles. The van der Waals surface area contributed by atoms with E-state index in [1.54, 1.807) is 18.2 Å². The Labute approximate surface area is 219 Å². The van der Waals surface area contributed by atoms with Crippen LogP contribution in [0.5, 0.6) is 0 Å². The third-order valence-electron chi connectivity index (χ3n) is 6.82. The maximum atomic E-state index is 13.2. The van der Waals surface area contributed by atoms with E-state index in [1.165, 1.54) is 38.2 Å². The van der Waals surface area contributed by atoms with Crippen LogP contribution in [0.3, 0.4) is 0 Å². The van der Waals surface area contributed by atoms with Crippen molar-refractivity contribution in [1.29, 1.82) is 0 Å². The molecule has 0 saturated heterocycles. The molecule has 0 aliphatic heterocycles. The SMILES string of the molecule is Nc1ccccc1NC(=O)C=Cc1ccc(C(NCC2CCCCC2)C(=O)NCc2ccccc2)cc1. The Balaban J connectivity index is 1.40. The van der Waals surface area contributed by atoms with E-state index < -0.39 is 6.04 Å². The molecule has 0 radical (unpaired) electrons. The second-order valence-electron chi connectivity index (χ2n) is 9.63. The number of amides is 2. The molecule has 2 amide bonds. The van der Waals surface area contributed by atoms with E-state index in [9.17, 15) is 9.59 Å². The third kappa shape index (κ3) is 8.05. The number of nitrogen functional groups attached to an aromatic ring is 1. The van der Waals surface area contributed by atoms with Crippen LogP contribution in [0, 0.1) is 5.92 Å². The van der Waals surface area contributed by atoms with Crippen LogP contribution in [0.4, 0.5) is 11.4 Å². The Morgan fingerprint density at radius 2 is 1.59 bits per heavy atom. The van der Waals surface area contributed by atoms with Crippen LogP contribution in [0.1, 0.15) is 54.8 Å². The Morgan fingerprint density at radius 3 is 2.32 bits per heavy atom. The molecule has 1 atom stereocenters. The number of nitrogens with one attached hydrogen (secondary N) is 3. The highest BCUT2D eigenvalue weighted by Gasteiger charge is 2.22. The first-order valence-electron chi connectivity index (χ1n) is 13.1. The molecule has 1 aliphatic carbocycles. The first kappa shape index (κ1) is 26.2. The lowest BCUT2D eigenvalue weighted by Crippen LogP contribution is -2.39. The largest absolute Gasteiger partial charge is 0.397 e. The average Bonchev–Trinajstić information content (AvgIpc) is 2.94. The van der Waals surface area contributed by atoms with Gasteiger partial charge in [-0.25, -0.2) is 0 Å². The van der Waals surface area contributed by atoms with Gasteiger partial charge < -0.3 is 21.7 Å². The van der Waals surface area contributed by atoms with Gasteiger partial charge in [0.25, 0.3) is 0 Å². The van der Waals surface area contributed by atoms with Crippen molar-refractivity contribution in [3.05, 3.63) is 102 Å². The van der Waals surface area contributed by atoms with Crippen LogP contribution in [0.15, 0.2) is 84.9 Å². The Hall–Kier alpha value is -3.90. The topological polar surface area (TPSA) is 96.2 Å². The van der Waals surface area contributed by atoms with E-state index in [0.29, 0.717) is 23.8 Å². The predicted molar refractivity (Wildman–Crippen MR) is 151 cm³/mol. The maximum absolute atomic E-state index is 13.2. The number of carbonyl (C=O) groups is 2. The van der Waals surface area contributed by atoms with Crippen molar-refractivity contribution in [3.8, 4) is 0 Å². The van der Waals surface area contributed by atoms with Crippen LogP contribution in [0.2, 0.25) is 0 Å². The quantitative estimate of drug-likeness (QED) is 0.222. The van der Waals surface area contributed by atoms with Gasteiger partial charge in [-0.1, -0.05) is 86.0 Å². The smallest absolute Gasteiger partial charge is 0.248 e. The minimum absolute atomic E-state index is 0.0391. The molecule has 1 fully saturated rings.